The fraction of sp³-hybridized carbons (Fsp3) is 0.417. The predicted octanol–water partition coefficient (Wildman–Crippen LogP) is 6.03. The first-order valence-electron chi connectivity index (χ1n) is 11.3. The minimum absolute atomic E-state index is 0.0728. The minimum atomic E-state index is -0.478. The number of rotatable bonds is 4. The molecule has 2 heterocycles. The van der Waals surface area contributed by atoms with Gasteiger partial charge in [-0.1, -0.05) is 76.5 Å². The summed E-state index contributed by atoms with van der Waals surface area (Å²) in [4.78, 5) is 15.0. The summed E-state index contributed by atoms with van der Waals surface area (Å²) in [5.41, 5.74) is 9.42. The van der Waals surface area contributed by atoms with Crippen molar-refractivity contribution in [3.8, 4) is 6.07 Å². The molecule has 6 nitrogen and oxygen atoms in total. The molecule has 170 valence electrons. The molecule has 1 aromatic heterocycles. The Morgan fingerprint density at radius 2 is 1.94 bits per heavy atom. The smallest absolute Gasteiger partial charge is 0.219 e. The number of anilines is 1. The van der Waals surface area contributed by atoms with Crippen molar-refractivity contribution >= 4 is 49.9 Å². The van der Waals surface area contributed by atoms with Gasteiger partial charge in [0.15, 0.2) is 10.1 Å². The number of hydrogen-bond donors (Lipinski definition) is 1. The van der Waals surface area contributed by atoms with Crippen molar-refractivity contribution in [2.45, 2.75) is 66.9 Å². The summed E-state index contributed by atoms with van der Waals surface area (Å²) < 4.78 is 1.77. The summed E-state index contributed by atoms with van der Waals surface area (Å²) in [6, 6.07) is 10.0. The van der Waals surface area contributed by atoms with Gasteiger partial charge in [0.2, 0.25) is 5.13 Å². The van der Waals surface area contributed by atoms with Crippen LogP contribution in [0.3, 0.4) is 0 Å². The molecule has 1 unspecified atom stereocenters. The van der Waals surface area contributed by atoms with E-state index in [4.69, 9.17) is 5.73 Å². The first-order valence-corrected chi connectivity index (χ1v) is 13.8. The van der Waals surface area contributed by atoms with Crippen molar-refractivity contribution in [3.05, 3.63) is 57.0 Å². The molecule has 2 aromatic rings. The number of allylic oxidation sites excluding steroid dienone is 3. The zero-order valence-corrected chi connectivity index (χ0v) is 21.3. The largest absolute Gasteiger partial charge is 0.384 e. The fourth-order valence-corrected chi connectivity index (χ4v) is 7.89. The van der Waals surface area contributed by atoms with E-state index in [2.05, 4.69) is 32.2 Å². The summed E-state index contributed by atoms with van der Waals surface area (Å²) in [5, 5.41) is 20.2. The van der Waals surface area contributed by atoms with Gasteiger partial charge in [0.05, 0.1) is 17.6 Å². The number of carbonyl (C=O) groups is 1. The molecule has 5 rings (SSSR count). The maximum Gasteiger partial charge on any atom is 0.219 e. The predicted molar refractivity (Wildman–Crippen MR) is 135 cm³/mol. The third-order valence-corrected chi connectivity index (χ3v) is 9.59. The van der Waals surface area contributed by atoms with Gasteiger partial charge in [-0.25, -0.2) is 0 Å². The molecule has 1 fully saturated rings. The van der Waals surface area contributed by atoms with E-state index in [1.807, 2.05) is 29.2 Å². The molecule has 2 aliphatic carbocycles. The number of Topliss-reactive ketones (excluding diaryl/α,β-unsaturated/α-hetero) is 1. The average molecular weight is 543 g/mol. The number of aromatic nitrogens is 2. The first-order chi connectivity index (χ1) is 16.1. The number of nitriles is 1. The molecule has 0 spiro atoms. The normalized spacial score (nSPS) is 21.9. The third kappa shape index (κ3) is 4.25. The molecule has 2 N–H and O–H groups in total. The highest BCUT2D eigenvalue weighted by atomic mass is 79.9. The number of carbonyl (C=O) groups excluding carboxylic acids is 1. The summed E-state index contributed by atoms with van der Waals surface area (Å²) in [7, 11) is 0. The van der Waals surface area contributed by atoms with Crippen LogP contribution in [-0.2, 0) is 4.79 Å². The first kappa shape index (κ1) is 22.6. The molecule has 0 saturated heterocycles. The van der Waals surface area contributed by atoms with E-state index in [-0.39, 0.29) is 5.78 Å². The van der Waals surface area contributed by atoms with Crippen molar-refractivity contribution in [2.24, 2.45) is 5.73 Å². The number of benzene rings is 1. The number of nitrogens with zero attached hydrogens (tertiary/aromatic N) is 4. The molecule has 1 aliphatic heterocycles. The third-order valence-electron chi connectivity index (χ3n) is 6.54. The Kier molecular flexibility index (Phi) is 6.59. The lowest BCUT2D eigenvalue weighted by molar-refractivity contribution is -0.116. The molecule has 1 saturated carbocycles. The molecular formula is C24H24BrN5OS2. The lowest BCUT2D eigenvalue weighted by Gasteiger charge is -2.38. The van der Waals surface area contributed by atoms with Gasteiger partial charge in [0.1, 0.15) is 5.82 Å². The molecule has 33 heavy (non-hydrogen) atoms. The van der Waals surface area contributed by atoms with Gasteiger partial charge in [-0.3, -0.25) is 9.69 Å². The van der Waals surface area contributed by atoms with E-state index >= 15 is 0 Å². The standard InChI is InChI=1S/C24H24BrN5OS2/c25-17-10-5-4-9-15(17)20-16(13-26)22(27)30(18-11-6-12-19(31)21(18)20)23-28-29-24(33-23)32-14-7-2-1-3-8-14/h4-5,9-10,14,20H,1-3,6-8,11-12,27H2. The van der Waals surface area contributed by atoms with Gasteiger partial charge >= 0.3 is 0 Å². The quantitative estimate of drug-likeness (QED) is 0.504. The molecule has 0 bridgehead atoms. The van der Waals surface area contributed by atoms with Crippen molar-refractivity contribution in [2.75, 3.05) is 4.90 Å². The van der Waals surface area contributed by atoms with Crippen LogP contribution in [-0.4, -0.2) is 21.2 Å². The van der Waals surface area contributed by atoms with Gasteiger partial charge in [0.25, 0.3) is 0 Å². The van der Waals surface area contributed by atoms with Gasteiger partial charge in [-0.2, -0.15) is 5.26 Å². The number of halogens is 1. The summed E-state index contributed by atoms with van der Waals surface area (Å²) in [6.07, 6.45) is 8.22. The highest BCUT2D eigenvalue weighted by Crippen LogP contribution is 2.48. The lowest BCUT2D eigenvalue weighted by Crippen LogP contribution is -2.38. The Labute approximate surface area is 210 Å². The second-order valence-corrected chi connectivity index (χ2v) is 11.9. The molecular weight excluding hydrogens is 518 g/mol. The Hall–Kier alpha value is -2.15. The zero-order valence-electron chi connectivity index (χ0n) is 18.1. The number of nitrogens with two attached hydrogens (primary N) is 1. The Morgan fingerprint density at radius 1 is 1.15 bits per heavy atom. The molecule has 0 amide bonds. The Morgan fingerprint density at radius 3 is 2.70 bits per heavy atom. The fourth-order valence-electron chi connectivity index (χ4n) is 4.99. The number of hydrogen-bond acceptors (Lipinski definition) is 8. The van der Waals surface area contributed by atoms with Crippen molar-refractivity contribution in [1.29, 1.82) is 5.26 Å². The molecule has 0 radical (unpaired) electrons. The second kappa shape index (κ2) is 9.61. The van der Waals surface area contributed by atoms with E-state index in [1.54, 1.807) is 11.8 Å². The maximum atomic E-state index is 13.2. The topological polar surface area (TPSA) is 95.9 Å². The van der Waals surface area contributed by atoms with Crippen LogP contribution < -0.4 is 10.6 Å². The van der Waals surface area contributed by atoms with Crippen LogP contribution in [0.15, 0.2) is 55.7 Å². The van der Waals surface area contributed by atoms with Gasteiger partial charge in [-0.15, -0.1) is 10.2 Å². The van der Waals surface area contributed by atoms with E-state index < -0.39 is 5.92 Å². The van der Waals surface area contributed by atoms with Gasteiger partial charge in [-0.05, 0) is 37.3 Å². The Balaban J connectivity index is 1.58. The van der Waals surface area contributed by atoms with Crippen molar-refractivity contribution in [1.82, 2.24) is 10.2 Å². The van der Waals surface area contributed by atoms with Crippen molar-refractivity contribution in [3.63, 3.8) is 0 Å². The van der Waals surface area contributed by atoms with Crippen LogP contribution in [0.1, 0.15) is 62.8 Å². The molecule has 3 aliphatic rings. The molecule has 1 atom stereocenters. The zero-order chi connectivity index (χ0) is 22.9. The summed E-state index contributed by atoms with van der Waals surface area (Å²) >= 11 is 6.90. The molecule has 1 aromatic carbocycles. The summed E-state index contributed by atoms with van der Waals surface area (Å²) in [5.74, 6) is -0.0609. The second-order valence-electron chi connectivity index (χ2n) is 8.57. The van der Waals surface area contributed by atoms with E-state index in [1.165, 1.54) is 43.4 Å². The SMILES string of the molecule is N#CC1=C(N)N(c2nnc(SC3CCCCC3)s2)C2=C(C(=O)CCC2)C1c1ccccc1Br. The summed E-state index contributed by atoms with van der Waals surface area (Å²) in [6.45, 7) is 0. The van der Waals surface area contributed by atoms with Crippen LogP contribution in [0, 0.1) is 11.3 Å². The van der Waals surface area contributed by atoms with Gasteiger partial charge < -0.3 is 5.73 Å². The highest BCUT2D eigenvalue weighted by molar-refractivity contribution is 9.10. The number of ketones is 1. The van der Waals surface area contributed by atoms with Crippen LogP contribution in [0.2, 0.25) is 0 Å². The monoisotopic (exact) mass is 541 g/mol. The lowest BCUT2D eigenvalue weighted by atomic mass is 9.76. The van der Waals surface area contributed by atoms with E-state index in [0.29, 0.717) is 40.2 Å². The van der Waals surface area contributed by atoms with Gasteiger partial charge in [0, 0.05) is 27.4 Å². The molecule has 9 heteroatoms. The van der Waals surface area contributed by atoms with E-state index in [0.717, 1.165) is 26.5 Å². The highest BCUT2D eigenvalue weighted by Gasteiger charge is 2.41. The Bertz CT molecular complexity index is 1190. The van der Waals surface area contributed by atoms with Crippen LogP contribution in [0.4, 0.5) is 5.13 Å². The van der Waals surface area contributed by atoms with Crippen LogP contribution >= 0.6 is 39.0 Å². The van der Waals surface area contributed by atoms with Crippen molar-refractivity contribution < 1.29 is 4.79 Å². The minimum Gasteiger partial charge on any atom is -0.384 e. The van der Waals surface area contributed by atoms with E-state index in [9.17, 15) is 10.1 Å². The van der Waals surface area contributed by atoms with Crippen LogP contribution in [0.25, 0.3) is 0 Å². The maximum absolute atomic E-state index is 13.2. The van der Waals surface area contributed by atoms with Crippen LogP contribution in [0.5, 0.6) is 0 Å². The number of thioether (sulfide) groups is 1. The average Bonchev–Trinajstić information content (AvgIpc) is 3.27.